The number of hydrogen-bond acceptors (Lipinski definition) is 3. The molecule has 1 aromatic rings. The first-order valence-corrected chi connectivity index (χ1v) is 6.85. The zero-order valence-electron chi connectivity index (χ0n) is 12.6. The van der Waals surface area contributed by atoms with Gasteiger partial charge in [-0.15, -0.1) is 0 Å². The lowest BCUT2D eigenvalue weighted by Gasteiger charge is -2.28. The first kappa shape index (κ1) is 17.5. The topological polar surface area (TPSA) is 23.6 Å². The molecular weight excluding hydrogens is 281 g/mol. The highest BCUT2D eigenvalue weighted by Gasteiger charge is 2.35. The number of benzene rings is 1. The highest BCUT2D eigenvalue weighted by atomic mass is 19.4. The van der Waals surface area contributed by atoms with Gasteiger partial charge in [-0.25, -0.2) is 0 Å². The molecule has 0 bridgehead atoms. The molecular formula is C15H21F3N2O. The monoisotopic (exact) mass is 302 g/mol. The third-order valence-electron chi connectivity index (χ3n) is 3.11. The Balaban J connectivity index is 3.19. The summed E-state index contributed by atoms with van der Waals surface area (Å²) in [4.78, 5) is 14.4. The van der Waals surface area contributed by atoms with Crippen LogP contribution in [0.3, 0.4) is 0 Å². The van der Waals surface area contributed by atoms with Gasteiger partial charge >= 0.3 is 6.18 Å². The predicted molar refractivity (Wildman–Crippen MR) is 77.9 cm³/mol. The summed E-state index contributed by atoms with van der Waals surface area (Å²) in [6.07, 6.45) is -3.29. The molecule has 0 aromatic heterocycles. The Labute approximate surface area is 123 Å². The van der Waals surface area contributed by atoms with Gasteiger partial charge in [0, 0.05) is 30.9 Å². The molecule has 0 fully saturated rings. The van der Waals surface area contributed by atoms with E-state index in [4.69, 9.17) is 0 Å². The summed E-state index contributed by atoms with van der Waals surface area (Å²) in [5.41, 5.74) is -0.578. The zero-order chi connectivity index (χ0) is 16.0. The number of carbonyl (C=O) groups excluding carboxylic acids is 1. The fraction of sp³-hybridized carbons (Fsp3) is 0.533. The summed E-state index contributed by atoms with van der Waals surface area (Å²) in [7, 11) is 3.76. The van der Waals surface area contributed by atoms with E-state index in [-0.39, 0.29) is 11.3 Å². The average molecular weight is 302 g/mol. The van der Waals surface area contributed by atoms with Crippen molar-refractivity contribution in [1.82, 2.24) is 4.90 Å². The average Bonchev–Trinajstić information content (AvgIpc) is 2.41. The standard InChI is InChI=1S/C15H21F3N2O/c1-4-7-20(9-8-19(2)3)14-6-5-12(11-21)10-13(14)15(16,17)18/h5-6,10-11H,4,7-9H2,1-3H3. The van der Waals surface area contributed by atoms with E-state index in [1.54, 1.807) is 4.90 Å². The van der Waals surface area contributed by atoms with Crippen molar-refractivity contribution in [3.8, 4) is 0 Å². The zero-order valence-corrected chi connectivity index (χ0v) is 12.6. The Morgan fingerprint density at radius 2 is 1.81 bits per heavy atom. The lowest BCUT2D eigenvalue weighted by Crippen LogP contribution is -2.33. The van der Waals surface area contributed by atoms with Crippen molar-refractivity contribution in [2.75, 3.05) is 38.6 Å². The Morgan fingerprint density at radius 1 is 1.14 bits per heavy atom. The third-order valence-corrected chi connectivity index (χ3v) is 3.11. The number of likely N-dealkylation sites (N-methyl/N-ethyl adjacent to an activating group) is 1. The summed E-state index contributed by atoms with van der Waals surface area (Å²) < 4.78 is 39.6. The normalized spacial score (nSPS) is 11.8. The molecule has 0 saturated carbocycles. The van der Waals surface area contributed by atoms with Crippen LogP contribution in [0.1, 0.15) is 29.3 Å². The Morgan fingerprint density at radius 3 is 2.29 bits per heavy atom. The molecule has 1 aromatic carbocycles. The van der Waals surface area contributed by atoms with E-state index in [1.807, 2.05) is 25.9 Å². The molecule has 0 radical (unpaired) electrons. The van der Waals surface area contributed by atoms with Gasteiger partial charge in [0.25, 0.3) is 0 Å². The molecule has 0 aliphatic rings. The van der Waals surface area contributed by atoms with E-state index in [1.165, 1.54) is 12.1 Å². The number of hydrogen-bond donors (Lipinski definition) is 0. The SMILES string of the molecule is CCCN(CCN(C)C)c1ccc(C=O)cc1C(F)(F)F. The number of anilines is 1. The molecule has 0 atom stereocenters. The highest BCUT2D eigenvalue weighted by Crippen LogP contribution is 2.37. The van der Waals surface area contributed by atoms with E-state index in [0.717, 1.165) is 12.5 Å². The van der Waals surface area contributed by atoms with Crippen molar-refractivity contribution in [3.63, 3.8) is 0 Å². The van der Waals surface area contributed by atoms with Gasteiger partial charge in [-0.2, -0.15) is 13.2 Å². The van der Waals surface area contributed by atoms with E-state index in [2.05, 4.69) is 0 Å². The second kappa shape index (κ2) is 7.45. The van der Waals surface area contributed by atoms with Gasteiger partial charge in [0.2, 0.25) is 0 Å². The quantitative estimate of drug-likeness (QED) is 0.722. The molecule has 0 heterocycles. The van der Waals surface area contributed by atoms with Crippen molar-refractivity contribution in [2.45, 2.75) is 19.5 Å². The number of alkyl halides is 3. The molecule has 21 heavy (non-hydrogen) atoms. The molecule has 0 aliphatic carbocycles. The van der Waals surface area contributed by atoms with Gasteiger partial charge in [0.05, 0.1) is 5.56 Å². The van der Waals surface area contributed by atoms with Gasteiger partial charge in [0.1, 0.15) is 6.29 Å². The van der Waals surface area contributed by atoms with Crippen molar-refractivity contribution in [2.24, 2.45) is 0 Å². The van der Waals surface area contributed by atoms with Crippen LogP contribution >= 0.6 is 0 Å². The number of carbonyl (C=O) groups is 1. The minimum Gasteiger partial charge on any atom is -0.370 e. The maximum absolute atomic E-state index is 13.2. The van der Waals surface area contributed by atoms with Crippen LogP contribution in [0.4, 0.5) is 18.9 Å². The largest absolute Gasteiger partial charge is 0.418 e. The van der Waals surface area contributed by atoms with Crippen LogP contribution in [0.2, 0.25) is 0 Å². The Bertz CT molecular complexity index is 472. The molecule has 0 unspecified atom stereocenters. The lowest BCUT2D eigenvalue weighted by molar-refractivity contribution is -0.137. The third kappa shape index (κ3) is 5.04. The van der Waals surface area contributed by atoms with Crippen molar-refractivity contribution in [1.29, 1.82) is 0 Å². The number of halogens is 3. The fourth-order valence-corrected chi connectivity index (χ4v) is 2.07. The first-order chi connectivity index (χ1) is 9.79. The molecule has 0 aliphatic heterocycles. The van der Waals surface area contributed by atoms with Gasteiger partial charge in [-0.1, -0.05) is 6.92 Å². The predicted octanol–water partition coefficient (Wildman–Crippen LogP) is 3.30. The highest BCUT2D eigenvalue weighted by molar-refractivity contribution is 5.77. The van der Waals surface area contributed by atoms with Crippen LogP contribution in [0, 0.1) is 0 Å². The van der Waals surface area contributed by atoms with E-state index in [9.17, 15) is 18.0 Å². The number of rotatable bonds is 7. The number of nitrogens with zero attached hydrogens (tertiary/aromatic N) is 2. The summed E-state index contributed by atoms with van der Waals surface area (Å²) in [6, 6.07) is 3.73. The maximum Gasteiger partial charge on any atom is 0.418 e. The van der Waals surface area contributed by atoms with Gasteiger partial charge in [-0.3, -0.25) is 4.79 Å². The Kier molecular flexibility index (Phi) is 6.20. The van der Waals surface area contributed by atoms with Gasteiger partial charge < -0.3 is 9.80 Å². The molecule has 118 valence electrons. The van der Waals surface area contributed by atoms with Crippen LogP contribution in [0.15, 0.2) is 18.2 Å². The van der Waals surface area contributed by atoms with Crippen LogP contribution in [0.25, 0.3) is 0 Å². The minimum absolute atomic E-state index is 0.0372. The van der Waals surface area contributed by atoms with E-state index in [0.29, 0.717) is 25.9 Å². The summed E-state index contributed by atoms with van der Waals surface area (Å²) in [5, 5.41) is 0. The minimum atomic E-state index is -4.47. The summed E-state index contributed by atoms with van der Waals surface area (Å²) >= 11 is 0. The van der Waals surface area contributed by atoms with Crippen molar-refractivity contribution >= 4 is 12.0 Å². The van der Waals surface area contributed by atoms with Crippen LogP contribution < -0.4 is 4.90 Å². The van der Waals surface area contributed by atoms with Crippen LogP contribution in [-0.4, -0.2) is 44.9 Å². The molecule has 3 nitrogen and oxygen atoms in total. The molecule has 0 amide bonds. The summed E-state index contributed by atoms with van der Waals surface area (Å²) in [6.45, 7) is 3.63. The molecule has 0 N–H and O–H groups in total. The summed E-state index contributed by atoms with van der Waals surface area (Å²) in [5.74, 6) is 0. The molecule has 0 spiro atoms. The molecule has 0 saturated heterocycles. The lowest BCUT2D eigenvalue weighted by atomic mass is 10.1. The van der Waals surface area contributed by atoms with Crippen LogP contribution in [-0.2, 0) is 6.18 Å². The van der Waals surface area contributed by atoms with Crippen molar-refractivity contribution in [3.05, 3.63) is 29.3 Å². The Hall–Kier alpha value is -1.56. The molecule has 6 heteroatoms. The number of aldehydes is 1. The second-order valence-electron chi connectivity index (χ2n) is 5.18. The fourth-order valence-electron chi connectivity index (χ4n) is 2.07. The molecule has 1 rings (SSSR count). The maximum atomic E-state index is 13.2. The first-order valence-electron chi connectivity index (χ1n) is 6.85. The van der Waals surface area contributed by atoms with E-state index >= 15 is 0 Å². The van der Waals surface area contributed by atoms with Gasteiger partial charge in [-0.05, 0) is 38.7 Å². The van der Waals surface area contributed by atoms with Gasteiger partial charge in [0.15, 0.2) is 0 Å². The second-order valence-corrected chi connectivity index (χ2v) is 5.18. The smallest absolute Gasteiger partial charge is 0.370 e. The van der Waals surface area contributed by atoms with Crippen molar-refractivity contribution < 1.29 is 18.0 Å². The van der Waals surface area contributed by atoms with Crippen LogP contribution in [0.5, 0.6) is 0 Å². The van der Waals surface area contributed by atoms with E-state index < -0.39 is 11.7 Å².